The quantitative estimate of drug-likeness (QED) is 0.869. The third kappa shape index (κ3) is 3.46. The second-order valence-corrected chi connectivity index (χ2v) is 7.03. The first-order chi connectivity index (χ1) is 10.6. The van der Waals surface area contributed by atoms with Gasteiger partial charge in [0.25, 0.3) is 0 Å². The molecule has 1 aromatic heterocycles. The zero-order chi connectivity index (χ0) is 15.5. The lowest BCUT2D eigenvalue weighted by molar-refractivity contribution is 0.117. The van der Waals surface area contributed by atoms with Gasteiger partial charge in [0.1, 0.15) is 4.60 Å². The molecule has 1 unspecified atom stereocenters. The van der Waals surface area contributed by atoms with Crippen molar-refractivity contribution in [1.29, 1.82) is 0 Å². The highest BCUT2D eigenvalue weighted by molar-refractivity contribution is 9.10. The van der Waals surface area contributed by atoms with Gasteiger partial charge >= 0.3 is 6.09 Å². The molecule has 0 spiro atoms. The molecular weight excluding hydrogens is 348 g/mol. The fraction of sp³-hybridized carbons (Fsp3) is 0.733. The summed E-state index contributed by atoms with van der Waals surface area (Å²) < 4.78 is 3.13. The van der Waals surface area contributed by atoms with E-state index in [-0.39, 0.29) is 0 Å². The van der Waals surface area contributed by atoms with Gasteiger partial charge in [-0.3, -0.25) is 4.68 Å². The van der Waals surface area contributed by atoms with E-state index in [4.69, 9.17) is 5.11 Å². The molecule has 0 saturated carbocycles. The topological polar surface area (TPSA) is 61.6 Å². The Kier molecular flexibility index (Phi) is 5.03. The van der Waals surface area contributed by atoms with Gasteiger partial charge in [-0.2, -0.15) is 5.10 Å². The summed E-state index contributed by atoms with van der Waals surface area (Å²) in [4.78, 5) is 15.2. The van der Waals surface area contributed by atoms with E-state index in [1.807, 2.05) is 12.3 Å². The van der Waals surface area contributed by atoms with Crippen molar-refractivity contribution in [3.05, 3.63) is 16.9 Å². The Bertz CT molecular complexity index is 513. The van der Waals surface area contributed by atoms with E-state index in [0.29, 0.717) is 25.2 Å². The van der Waals surface area contributed by atoms with Gasteiger partial charge in [-0.15, -0.1) is 0 Å². The van der Waals surface area contributed by atoms with Crippen LogP contribution in [-0.4, -0.2) is 63.0 Å². The van der Waals surface area contributed by atoms with Crippen molar-refractivity contribution in [1.82, 2.24) is 19.6 Å². The van der Waals surface area contributed by atoms with E-state index in [9.17, 15) is 4.79 Å². The molecule has 2 aliphatic rings. The number of piperidine rings is 1. The molecule has 0 bridgehead atoms. The molecule has 0 radical (unpaired) electrons. The van der Waals surface area contributed by atoms with E-state index in [2.05, 4.69) is 30.6 Å². The summed E-state index contributed by atoms with van der Waals surface area (Å²) in [6.45, 7) is 3.51. The first kappa shape index (κ1) is 15.8. The van der Waals surface area contributed by atoms with Crippen LogP contribution in [0.1, 0.15) is 38.1 Å². The molecule has 1 N–H and O–H groups in total. The largest absolute Gasteiger partial charge is 0.465 e. The van der Waals surface area contributed by atoms with Crippen LogP contribution in [0.2, 0.25) is 0 Å². The monoisotopic (exact) mass is 370 g/mol. The molecule has 22 heavy (non-hydrogen) atoms. The van der Waals surface area contributed by atoms with Gasteiger partial charge in [0.15, 0.2) is 0 Å². The maximum absolute atomic E-state index is 11.1. The van der Waals surface area contributed by atoms with Crippen LogP contribution in [0.15, 0.2) is 16.9 Å². The maximum Gasteiger partial charge on any atom is 0.407 e. The highest BCUT2D eigenvalue weighted by Gasteiger charge is 2.29. The van der Waals surface area contributed by atoms with Crippen LogP contribution in [0.4, 0.5) is 4.79 Å². The SMILES string of the molecule is O=C(O)N1CCCC(N2CCC(n3nccc3Br)CC2)CC1. The Labute approximate surface area is 139 Å². The molecule has 3 rings (SSSR count). The first-order valence-electron chi connectivity index (χ1n) is 8.06. The van der Waals surface area contributed by atoms with Crippen LogP contribution in [0.25, 0.3) is 0 Å². The molecule has 2 saturated heterocycles. The van der Waals surface area contributed by atoms with E-state index in [1.54, 1.807) is 4.90 Å². The van der Waals surface area contributed by atoms with Gasteiger partial charge in [-0.25, -0.2) is 4.79 Å². The van der Waals surface area contributed by atoms with Gasteiger partial charge in [-0.05, 0) is 54.1 Å². The third-order valence-electron chi connectivity index (χ3n) is 4.95. The van der Waals surface area contributed by atoms with Crippen molar-refractivity contribution in [2.24, 2.45) is 0 Å². The van der Waals surface area contributed by atoms with Crippen LogP contribution in [0.5, 0.6) is 0 Å². The number of hydrogen-bond donors (Lipinski definition) is 1. The third-order valence-corrected chi connectivity index (χ3v) is 5.58. The number of carbonyl (C=O) groups is 1. The molecule has 1 amide bonds. The average Bonchev–Trinajstić information content (AvgIpc) is 2.80. The van der Waals surface area contributed by atoms with Crippen LogP contribution in [0.3, 0.4) is 0 Å². The number of halogens is 1. The maximum atomic E-state index is 11.1. The molecule has 122 valence electrons. The molecule has 0 aliphatic carbocycles. The second kappa shape index (κ2) is 7.00. The summed E-state index contributed by atoms with van der Waals surface area (Å²) in [5.41, 5.74) is 0. The Morgan fingerprint density at radius 3 is 2.50 bits per heavy atom. The lowest BCUT2D eigenvalue weighted by Gasteiger charge is -2.37. The van der Waals surface area contributed by atoms with Crippen molar-refractivity contribution >= 4 is 22.0 Å². The van der Waals surface area contributed by atoms with Gasteiger partial charge in [0, 0.05) is 32.2 Å². The zero-order valence-corrected chi connectivity index (χ0v) is 14.3. The van der Waals surface area contributed by atoms with Crippen LogP contribution in [-0.2, 0) is 0 Å². The number of carboxylic acid groups (broad SMARTS) is 1. The standard InChI is InChI=1S/C15H23BrN4O2/c16-14-3-7-17-20(14)13-5-9-18(10-6-13)12-2-1-8-19(11-4-12)15(21)22/h3,7,12-13H,1-2,4-6,8-11H2,(H,21,22). The van der Waals surface area contributed by atoms with E-state index in [1.165, 1.54) is 0 Å². The van der Waals surface area contributed by atoms with Gasteiger partial charge in [-0.1, -0.05) is 0 Å². The molecule has 2 fully saturated rings. The summed E-state index contributed by atoms with van der Waals surface area (Å²) >= 11 is 3.55. The molecule has 3 heterocycles. The molecule has 1 atom stereocenters. The summed E-state index contributed by atoms with van der Waals surface area (Å²) in [6.07, 6.45) is 6.33. The first-order valence-corrected chi connectivity index (χ1v) is 8.85. The van der Waals surface area contributed by atoms with Gasteiger partial charge < -0.3 is 14.9 Å². The second-order valence-electron chi connectivity index (χ2n) is 6.22. The highest BCUT2D eigenvalue weighted by atomic mass is 79.9. The number of amides is 1. The predicted molar refractivity (Wildman–Crippen MR) is 87.0 cm³/mol. The molecule has 0 aromatic carbocycles. The number of rotatable bonds is 2. The Hall–Kier alpha value is -1.08. The van der Waals surface area contributed by atoms with Crippen molar-refractivity contribution in [3.63, 3.8) is 0 Å². The van der Waals surface area contributed by atoms with Crippen molar-refractivity contribution < 1.29 is 9.90 Å². The van der Waals surface area contributed by atoms with Gasteiger partial charge in [0.2, 0.25) is 0 Å². The highest BCUT2D eigenvalue weighted by Crippen LogP contribution is 2.28. The summed E-state index contributed by atoms with van der Waals surface area (Å²) in [5.74, 6) is 0. The number of hydrogen-bond acceptors (Lipinski definition) is 3. The zero-order valence-electron chi connectivity index (χ0n) is 12.7. The smallest absolute Gasteiger partial charge is 0.407 e. The van der Waals surface area contributed by atoms with E-state index < -0.39 is 6.09 Å². The van der Waals surface area contributed by atoms with E-state index in [0.717, 1.165) is 49.8 Å². The summed E-state index contributed by atoms with van der Waals surface area (Å²) in [5, 5.41) is 13.5. The lowest BCUT2D eigenvalue weighted by atomic mass is 10.00. The Balaban J connectivity index is 1.53. The number of nitrogens with zero attached hydrogens (tertiary/aromatic N) is 4. The molecular formula is C15H23BrN4O2. The predicted octanol–water partition coefficient (Wildman–Crippen LogP) is 2.82. The minimum Gasteiger partial charge on any atom is -0.465 e. The summed E-state index contributed by atoms with van der Waals surface area (Å²) in [7, 11) is 0. The average molecular weight is 371 g/mol. The summed E-state index contributed by atoms with van der Waals surface area (Å²) in [6, 6.07) is 2.99. The van der Waals surface area contributed by atoms with E-state index >= 15 is 0 Å². The Morgan fingerprint density at radius 1 is 1.14 bits per heavy atom. The van der Waals surface area contributed by atoms with Crippen LogP contribution < -0.4 is 0 Å². The van der Waals surface area contributed by atoms with Crippen molar-refractivity contribution in [2.75, 3.05) is 26.2 Å². The van der Waals surface area contributed by atoms with Gasteiger partial charge in [0.05, 0.1) is 12.2 Å². The molecule has 1 aromatic rings. The number of likely N-dealkylation sites (tertiary alicyclic amines) is 2. The minimum atomic E-state index is -0.775. The molecule has 7 heteroatoms. The normalized spacial score (nSPS) is 25.1. The van der Waals surface area contributed by atoms with Crippen LogP contribution >= 0.6 is 15.9 Å². The number of aromatic nitrogens is 2. The molecule has 6 nitrogen and oxygen atoms in total. The molecule has 2 aliphatic heterocycles. The van der Waals surface area contributed by atoms with Crippen molar-refractivity contribution in [2.45, 2.75) is 44.2 Å². The lowest BCUT2D eigenvalue weighted by Crippen LogP contribution is -2.42. The van der Waals surface area contributed by atoms with Crippen molar-refractivity contribution in [3.8, 4) is 0 Å². The minimum absolute atomic E-state index is 0.474. The Morgan fingerprint density at radius 2 is 1.86 bits per heavy atom. The van der Waals surface area contributed by atoms with Crippen LogP contribution in [0, 0.1) is 0 Å². The fourth-order valence-corrected chi connectivity index (χ4v) is 4.20. The fourth-order valence-electron chi connectivity index (χ4n) is 3.70.